The number of amides is 1. The van der Waals surface area contributed by atoms with E-state index in [-0.39, 0.29) is 17.9 Å². The summed E-state index contributed by atoms with van der Waals surface area (Å²) < 4.78 is 10.3. The first-order chi connectivity index (χ1) is 11.6. The number of ether oxygens (including phenoxy) is 2. The third-order valence-electron chi connectivity index (χ3n) is 4.73. The molecule has 3 rings (SSSR count). The van der Waals surface area contributed by atoms with E-state index in [1.807, 2.05) is 43.3 Å². The van der Waals surface area contributed by atoms with Gasteiger partial charge in [0.15, 0.2) is 0 Å². The fraction of sp³-hybridized carbons (Fsp3) is 0.368. The summed E-state index contributed by atoms with van der Waals surface area (Å²) in [5.41, 5.74) is 0.996. The minimum atomic E-state index is -0.515. The van der Waals surface area contributed by atoms with Crippen LogP contribution in [0.1, 0.15) is 31.4 Å². The van der Waals surface area contributed by atoms with E-state index >= 15 is 0 Å². The Morgan fingerprint density at radius 2 is 1.88 bits per heavy atom. The van der Waals surface area contributed by atoms with Gasteiger partial charge in [-0.25, -0.2) is 4.79 Å². The Balaban J connectivity index is 2.06. The lowest BCUT2D eigenvalue weighted by Crippen LogP contribution is -2.40. The highest BCUT2D eigenvalue weighted by Crippen LogP contribution is 2.37. The summed E-state index contributed by atoms with van der Waals surface area (Å²) in [5, 5.41) is 2.01. The van der Waals surface area contributed by atoms with Gasteiger partial charge in [0.1, 0.15) is 11.8 Å². The average Bonchev–Trinajstić information content (AvgIpc) is 3.01. The van der Waals surface area contributed by atoms with Gasteiger partial charge in [0.05, 0.1) is 20.3 Å². The summed E-state index contributed by atoms with van der Waals surface area (Å²) in [4.78, 5) is 26.1. The SMILES string of the molecule is COC(=O)C1CCC(=O)N1C(C)c1ccc(OC)c2ccccc12. The smallest absolute Gasteiger partial charge is 0.328 e. The highest BCUT2D eigenvalue weighted by Gasteiger charge is 2.40. The third-order valence-corrected chi connectivity index (χ3v) is 4.73. The van der Waals surface area contributed by atoms with E-state index in [4.69, 9.17) is 9.47 Å². The molecule has 1 saturated heterocycles. The summed E-state index contributed by atoms with van der Waals surface area (Å²) in [6.45, 7) is 1.95. The van der Waals surface area contributed by atoms with Crippen molar-refractivity contribution < 1.29 is 19.1 Å². The van der Waals surface area contributed by atoms with E-state index in [1.165, 1.54) is 7.11 Å². The van der Waals surface area contributed by atoms with Crippen LogP contribution >= 0.6 is 0 Å². The van der Waals surface area contributed by atoms with Gasteiger partial charge >= 0.3 is 5.97 Å². The number of fused-ring (bicyclic) bond motifs is 1. The van der Waals surface area contributed by atoms with Gasteiger partial charge < -0.3 is 14.4 Å². The number of likely N-dealkylation sites (tertiary alicyclic amines) is 1. The van der Waals surface area contributed by atoms with Crippen molar-refractivity contribution in [2.75, 3.05) is 14.2 Å². The zero-order chi connectivity index (χ0) is 17.3. The summed E-state index contributed by atoms with van der Waals surface area (Å²) in [6.07, 6.45) is 0.877. The molecule has 5 nitrogen and oxygen atoms in total. The van der Waals surface area contributed by atoms with Crippen LogP contribution in [0, 0.1) is 0 Å². The predicted octanol–water partition coefficient (Wildman–Crippen LogP) is 3.07. The van der Waals surface area contributed by atoms with Crippen LogP contribution in [-0.2, 0) is 14.3 Å². The maximum absolute atomic E-state index is 12.4. The molecule has 2 aromatic carbocycles. The van der Waals surface area contributed by atoms with Crippen molar-refractivity contribution in [3.63, 3.8) is 0 Å². The molecule has 1 aliphatic rings. The van der Waals surface area contributed by atoms with Crippen molar-refractivity contribution >= 4 is 22.6 Å². The summed E-state index contributed by atoms with van der Waals surface area (Å²) in [7, 11) is 3.00. The van der Waals surface area contributed by atoms with Crippen LogP contribution < -0.4 is 4.74 Å². The molecule has 2 atom stereocenters. The monoisotopic (exact) mass is 327 g/mol. The Kier molecular flexibility index (Phi) is 4.42. The lowest BCUT2D eigenvalue weighted by molar-refractivity contribution is -0.150. The average molecular weight is 327 g/mol. The minimum Gasteiger partial charge on any atom is -0.496 e. The number of carbonyl (C=O) groups excluding carboxylic acids is 2. The molecule has 0 spiro atoms. The standard InChI is InChI=1S/C19H21NO4/c1-12(20-16(19(22)24-3)9-11-18(20)21)13-8-10-17(23-2)15-7-5-4-6-14(13)15/h4-8,10,12,16H,9,11H2,1-3H3. The normalized spacial score (nSPS) is 18.7. The zero-order valence-corrected chi connectivity index (χ0v) is 14.1. The number of esters is 1. The zero-order valence-electron chi connectivity index (χ0n) is 14.1. The second kappa shape index (κ2) is 6.51. The molecule has 0 bridgehead atoms. The first kappa shape index (κ1) is 16.3. The van der Waals surface area contributed by atoms with E-state index in [0.717, 1.165) is 22.1 Å². The second-order valence-corrected chi connectivity index (χ2v) is 5.96. The topological polar surface area (TPSA) is 55.8 Å². The Hall–Kier alpha value is -2.56. The minimum absolute atomic E-state index is 0.0159. The van der Waals surface area contributed by atoms with Gasteiger partial charge in [0, 0.05) is 11.8 Å². The Morgan fingerprint density at radius 1 is 1.17 bits per heavy atom. The summed E-state index contributed by atoms with van der Waals surface area (Å²) in [5.74, 6) is 0.419. The first-order valence-corrected chi connectivity index (χ1v) is 8.03. The molecule has 0 radical (unpaired) electrons. The van der Waals surface area contributed by atoms with Gasteiger partial charge in [-0.05, 0) is 30.4 Å². The molecule has 0 N–H and O–H groups in total. The van der Waals surface area contributed by atoms with Crippen LogP contribution in [-0.4, -0.2) is 37.0 Å². The number of carbonyl (C=O) groups is 2. The third kappa shape index (κ3) is 2.60. The van der Waals surface area contributed by atoms with Gasteiger partial charge in [-0.3, -0.25) is 4.79 Å². The van der Waals surface area contributed by atoms with Gasteiger partial charge in [-0.15, -0.1) is 0 Å². The lowest BCUT2D eigenvalue weighted by atomic mass is 9.97. The van der Waals surface area contributed by atoms with Crippen LogP contribution in [0.3, 0.4) is 0 Å². The Bertz CT molecular complexity index is 786. The number of benzene rings is 2. The fourth-order valence-corrected chi connectivity index (χ4v) is 3.54. The van der Waals surface area contributed by atoms with E-state index in [9.17, 15) is 9.59 Å². The van der Waals surface area contributed by atoms with Crippen molar-refractivity contribution in [1.29, 1.82) is 0 Å². The maximum Gasteiger partial charge on any atom is 0.328 e. The second-order valence-electron chi connectivity index (χ2n) is 5.96. The molecule has 126 valence electrons. The number of hydrogen-bond acceptors (Lipinski definition) is 4. The first-order valence-electron chi connectivity index (χ1n) is 8.03. The Morgan fingerprint density at radius 3 is 2.54 bits per heavy atom. The molecule has 1 aliphatic heterocycles. The molecular weight excluding hydrogens is 306 g/mol. The molecule has 0 saturated carbocycles. The van der Waals surface area contributed by atoms with Crippen LogP contribution in [0.2, 0.25) is 0 Å². The van der Waals surface area contributed by atoms with Gasteiger partial charge in [-0.1, -0.05) is 30.3 Å². The molecule has 1 heterocycles. The fourth-order valence-electron chi connectivity index (χ4n) is 3.54. The number of nitrogens with zero attached hydrogens (tertiary/aromatic N) is 1. The van der Waals surface area contributed by atoms with Crippen molar-refractivity contribution in [3.05, 3.63) is 42.0 Å². The molecule has 1 fully saturated rings. The van der Waals surface area contributed by atoms with Gasteiger partial charge in [0.2, 0.25) is 5.91 Å². The van der Waals surface area contributed by atoms with E-state index in [1.54, 1.807) is 12.0 Å². The van der Waals surface area contributed by atoms with Crippen molar-refractivity contribution in [2.45, 2.75) is 31.8 Å². The molecule has 0 aromatic heterocycles. The molecule has 0 aliphatic carbocycles. The highest BCUT2D eigenvalue weighted by atomic mass is 16.5. The van der Waals surface area contributed by atoms with Crippen LogP contribution in [0.15, 0.2) is 36.4 Å². The van der Waals surface area contributed by atoms with Crippen LogP contribution in [0.25, 0.3) is 10.8 Å². The molecule has 2 aromatic rings. The molecule has 2 unspecified atom stereocenters. The molecule has 24 heavy (non-hydrogen) atoms. The van der Waals surface area contributed by atoms with Crippen LogP contribution in [0.4, 0.5) is 0 Å². The van der Waals surface area contributed by atoms with E-state index in [2.05, 4.69) is 0 Å². The van der Waals surface area contributed by atoms with E-state index < -0.39 is 6.04 Å². The molecule has 5 heteroatoms. The quantitative estimate of drug-likeness (QED) is 0.810. The number of methoxy groups -OCH3 is 2. The van der Waals surface area contributed by atoms with E-state index in [0.29, 0.717) is 12.8 Å². The largest absolute Gasteiger partial charge is 0.496 e. The lowest BCUT2D eigenvalue weighted by Gasteiger charge is -2.30. The molecule has 1 amide bonds. The van der Waals surface area contributed by atoms with Crippen LogP contribution in [0.5, 0.6) is 5.75 Å². The summed E-state index contributed by atoms with van der Waals surface area (Å²) >= 11 is 0. The van der Waals surface area contributed by atoms with Crippen molar-refractivity contribution in [1.82, 2.24) is 4.90 Å². The van der Waals surface area contributed by atoms with Gasteiger partial charge in [-0.2, -0.15) is 0 Å². The molecular formula is C19H21NO4. The Labute approximate surface area is 141 Å². The predicted molar refractivity (Wildman–Crippen MR) is 90.8 cm³/mol. The van der Waals surface area contributed by atoms with Crippen molar-refractivity contribution in [3.8, 4) is 5.75 Å². The van der Waals surface area contributed by atoms with Gasteiger partial charge in [0.25, 0.3) is 0 Å². The number of hydrogen-bond donors (Lipinski definition) is 0. The highest BCUT2D eigenvalue weighted by molar-refractivity contribution is 5.93. The van der Waals surface area contributed by atoms with Crippen molar-refractivity contribution in [2.24, 2.45) is 0 Å². The maximum atomic E-state index is 12.4. The summed E-state index contributed by atoms with van der Waals surface area (Å²) in [6, 6.07) is 11.1. The number of rotatable bonds is 4.